The molecular formula is C19H25N5O2. The van der Waals surface area contributed by atoms with Crippen LogP contribution >= 0.6 is 0 Å². The van der Waals surface area contributed by atoms with Gasteiger partial charge in [-0.15, -0.1) is 0 Å². The third-order valence-corrected chi connectivity index (χ3v) is 3.72. The van der Waals surface area contributed by atoms with Gasteiger partial charge in [-0.3, -0.25) is 20.4 Å². The van der Waals surface area contributed by atoms with Gasteiger partial charge < -0.3 is 5.32 Å². The minimum absolute atomic E-state index is 0.0246. The number of benzene rings is 1. The molecule has 26 heavy (non-hydrogen) atoms. The highest BCUT2D eigenvalue weighted by molar-refractivity contribution is 5.96. The van der Waals surface area contributed by atoms with Crippen LogP contribution in [0.25, 0.3) is 0 Å². The number of hydrogen-bond acceptors (Lipinski definition) is 5. The zero-order chi connectivity index (χ0) is 19.3. The third kappa shape index (κ3) is 5.54. The predicted molar refractivity (Wildman–Crippen MR) is 101 cm³/mol. The van der Waals surface area contributed by atoms with Crippen molar-refractivity contribution in [2.24, 2.45) is 0 Å². The van der Waals surface area contributed by atoms with E-state index < -0.39 is 5.91 Å². The highest BCUT2D eigenvalue weighted by Gasteiger charge is 2.14. The van der Waals surface area contributed by atoms with Crippen molar-refractivity contribution in [1.29, 1.82) is 0 Å². The first-order chi connectivity index (χ1) is 12.1. The van der Waals surface area contributed by atoms with Crippen LogP contribution in [0.5, 0.6) is 0 Å². The molecule has 1 aromatic heterocycles. The summed E-state index contributed by atoms with van der Waals surface area (Å²) < 4.78 is 0. The second kappa shape index (κ2) is 7.95. The normalized spacial score (nSPS) is 11.0. The van der Waals surface area contributed by atoms with Crippen molar-refractivity contribution in [1.82, 2.24) is 20.7 Å². The topological polar surface area (TPSA) is 96.0 Å². The summed E-state index contributed by atoms with van der Waals surface area (Å²) in [6.07, 6.45) is 0. The van der Waals surface area contributed by atoms with E-state index in [1.54, 1.807) is 12.1 Å². The summed E-state index contributed by atoms with van der Waals surface area (Å²) in [5.41, 5.74) is 8.36. The number of hydrogen-bond donors (Lipinski definition) is 3. The first-order valence-corrected chi connectivity index (χ1v) is 8.41. The van der Waals surface area contributed by atoms with Crippen LogP contribution in [0.4, 0.5) is 5.95 Å². The number of hydrazine groups is 1. The van der Waals surface area contributed by atoms with Crippen LogP contribution in [0.15, 0.2) is 30.3 Å². The highest BCUT2D eigenvalue weighted by Crippen LogP contribution is 2.22. The van der Waals surface area contributed by atoms with Crippen LogP contribution in [0, 0.1) is 13.8 Å². The molecule has 0 aliphatic rings. The van der Waals surface area contributed by atoms with E-state index in [1.165, 1.54) is 0 Å². The molecule has 0 fully saturated rings. The Hall–Kier alpha value is -2.96. The van der Waals surface area contributed by atoms with E-state index in [2.05, 4.69) is 46.9 Å². The summed E-state index contributed by atoms with van der Waals surface area (Å²) in [6, 6.07) is 9.20. The number of anilines is 1. The van der Waals surface area contributed by atoms with Crippen molar-refractivity contribution < 1.29 is 9.59 Å². The molecule has 2 aromatic rings. The summed E-state index contributed by atoms with van der Waals surface area (Å²) in [4.78, 5) is 32.3. The average Bonchev–Trinajstić information content (AvgIpc) is 2.56. The van der Waals surface area contributed by atoms with E-state index in [4.69, 9.17) is 0 Å². The first kappa shape index (κ1) is 19.4. The number of rotatable bonds is 5. The fraction of sp³-hybridized carbons (Fsp3) is 0.368. The number of aryl methyl sites for hydroxylation is 2. The van der Waals surface area contributed by atoms with Gasteiger partial charge in [-0.1, -0.05) is 32.9 Å². The molecule has 0 bridgehead atoms. The smallest absolute Gasteiger partial charge is 0.257 e. The molecule has 0 saturated heterocycles. The molecule has 7 heteroatoms. The van der Waals surface area contributed by atoms with Crippen LogP contribution < -0.4 is 16.2 Å². The second-order valence-corrected chi connectivity index (χ2v) is 7.16. The number of carbonyl (C=O) groups is 2. The maximum atomic E-state index is 12.1. The van der Waals surface area contributed by atoms with Crippen LogP contribution in [0.3, 0.4) is 0 Å². The quantitative estimate of drug-likeness (QED) is 0.715. The van der Waals surface area contributed by atoms with Gasteiger partial charge in [0.25, 0.3) is 11.8 Å². The lowest BCUT2D eigenvalue weighted by Gasteiger charge is -2.19. The number of nitrogens with one attached hydrogen (secondary N) is 3. The zero-order valence-electron chi connectivity index (χ0n) is 15.8. The number of nitrogens with zero attached hydrogens (tertiary/aromatic N) is 2. The average molecular weight is 355 g/mol. The zero-order valence-corrected chi connectivity index (χ0v) is 15.8. The molecule has 1 aromatic carbocycles. The van der Waals surface area contributed by atoms with Gasteiger partial charge in [0.2, 0.25) is 5.95 Å². The van der Waals surface area contributed by atoms with E-state index in [0.29, 0.717) is 11.5 Å². The van der Waals surface area contributed by atoms with Gasteiger partial charge >= 0.3 is 0 Å². The molecule has 2 amide bonds. The van der Waals surface area contributed by atoms with E-state index in [-0.39, 0.29) is 17.9 Å². The van der Waals surface area contributed by atoms with E-state index in [0.717, 1.165) is 17.0 Å². The Morgan fingerprint density at radius 2 is 1.58 bits per heavy atom. The van der Waals surface area contributed by atoms with Crippen LogP contribution in [0.2, 0.25) is 0 Å². The number of aromatic nitrogens is 2. The van der Waals surface area contributed by atoms with Gasteiger partial charge in [0, 0.05) is 17.0 Å². The lowest BCUT2D eigenvalue weighted by Crippen LogP contribution is -2.39. The predicted octanol–water partition coefficient (Wildman–Crippen LogP) is 2.26. The summed E-state index contributed by atoms with van der Waals surface area (Å²) >= 11 is 0. The molecular weight excluding hydrogens is 330 g/mol. The molecule has 2 rings (SSSR count). The monoisotopic (exact) mass is 355 g/mol. The SMILES string of the molecule is Cc1cc(C)nc(NNC(=O)CNC(=O)c2ccc(C(C)(C)C)cc2)n1. The molecule has 0 aliphatic heterocycles. The number of carbonyl (C=O) groups excluding carboxylic acids is 2. The summed E-state index contributed by atoms with van der Waals surface area (Å²) in [7, 11) is 0. The van der Waals surface area contributed by atoms with E-state index in [1.807, 2.05) is 32.0 Å². The molecule has 0 saturated carbocycles. The van der Waals surface area contributed by atoms with Gasteiger partial charge in [-0.25, -0.2) is 9.97 Å². The van der Waals surface area contributed by atoms with Crippen LogP contribution in [-0.2, 0) is 10.2 Å². The van der Waals surface area contributed by atoms with Crippen molar-refractivity contribution in [3.8, 4) is 0 Å². The van der Waals surface area contributed by atoms with Crippen molar-refractivity contribution in [3.63, 3.8) is 0 Å². The minimum Gasteiger partial charge on any atom is -0.343 e. The highest BCUT2D eigenvalue weighted by atomic mass is 16.2. The summed E-state index contributed by atoms with van der Waals surface area (Å²) in [6.45, 7) is 9.86. The minimum atomic E-state index is -0.396. The molecule has 0 unspecified atom stereocenters. The van der Waals surface area contributed by atoms with E-state index >= 15 is 0 Å². The lowest BCUT2D eigenvalue weighted by atomic mass is 9.87. The summed E-state index contributed by atoms with van der Waals surface area (Å²) in [5, 5.41) is 2.58. The molecule has 0 atom stereocenters. The maximum absolute atomic E-state index is 12.1. The second-order valence-electron chi connectivity index (χ2n) is 7.16. The van der Waals surface area contributed by atoms with Crippen molar-refractivity contribution >= 4 is 17.8 Å². The fourth-order valence-corrected chi connectivity index (χ4v) is 2.34. The first-order valence-electron chi connectivity index (χ1n) is 8.41. The molecule has 0 radical (unpaired) electrons. The Labute approximate surface area is 153 Å². The largest absolute Gasteiger partial charge is 0.343 e. The Balaban J connectivity index is 1.84. The fourth-order valence-electron chi connectivity index (χ4n) is 2.34. The molecule has 7 nitrogen and oxygen atoms in total. The van der Waals surface area contributed by atoms with Gasteiger partial charge in [0.05, 0.1) is 6.54 Å². The van der Waals surface area contributed by atoms with Crippen molar-refractivity contribution in [2.45, 2.75) is 40.0 Å². The Morgan fingerprint density at radius 1 is 1.00 bits per heavy atom. The lowest BCUT2D eigenvalue weighted by molar-refractivity contribution is -0.119. The van der Waals surface area contributed by atoms with E-state index in [9.17, 15) is 9.59 Å². The van der Waals surface area contributed by atoms with Gasteiger partial charge in [-0.05, 0) is 43.0 Å². The molecule has 0 aliphatic carbocycles. The van der Waals surface area contributed by atoms with Crippen LogP contribution in [-0.4, -0.2) is 28.3 Å². The maximum Gasteiger partial charge on any atom is 0.257 e. The third-order valence-electron chi connectivity index (χ3n) is 3.72. The van der Waals surface area contributed by atoms with Crippen molar-refractivity contribution in [2.75, 3.05) is 12.0 Å². The standard InChI is InChI=1S/C19H25N5O2/c1-12-10-13(2)22-18(21-12)24-23-16(25)11-20-17(26)14-6-8-15(9-7-14)19(3,4)5/h6-10H,11H2,1-5H3,(H,20,26)(H,23,25)(H,21,22,24). The Kier molecular flexibility index (Phi) is 5.92. The molecule has 1 heterocycles. The van der Waals surface area contributed by atoms with Crippen molar-refractivity contribution in [3.05, 3.63) is 52.8 Å². The number of amides is 2. The molecule has 0 spiro atoms. The van der Waals surface area contributed by atoms with Gasteiger partial charge in [0.15, 0.2) is 0 Å². The van der Waals surface area contributed by atoms with Gasteiger partial charge in [-0.2, -0.15) is 0 Å². The molecule has 3 N–H and O–H groups in total. The van der Waals surface area contributed by atoms with Crippen LogP contribution in [0.1, 0.15) is 48.1 Å². The molecule has 138 valence electrons. The summed E-state index contributed by atoms with van der Waals surface area (Å²) in [5.74, 6) is -0.393. The Bertz CT molecular complexity index is 774. The van der Waals surface area contributed by atoms with Gasteiger partial charge in [0.1, 0.15) is 0 Å². The Morgan fingerprint density at radius 3 is 2.12 bits per heavy atom.